The van der Waals surface area contributed by atoms with E-state index in [2.05, 4.69) is 17.3 Å². The van der Waals surface area contributed by atoms with E-state index in [4.69, 9.17) is 11.6 Å². The van der Waals surface area contributed by atoms with Crippen LogP contribution in [0, 0.1) is 6.92 Å². The summed E-state index contributed by atoms with van der Waals surface area (Å²) in [5.74, 6) is 0. The normalized spacial score (nSPS) is 12.5. The molecule has 2 rings (SSSR count). The summed E-state index contributed by atoms with van der Waals surface area (Å²) in [6.07, 6.45) is 1.80. The van der Waals surface area contributed by atoms with Crippen molar-refractivity contribution >= 4 is 17.3 Å². The fraction of sp³-hybridized carbons (Fsp3) is 0.308. The van der Waals surface area contributed by atoms with Crippen molar-refractivity contribution in [3.8, 4) is 0 Å². The molecule has 0 bridgehead atoms. The molecule has 1 unspecified atom stereocenters. The zero-order chi connectivity index (χ0) is 12.4. The highest BCUT2D eigenvalue weighted by Gasteiger charge is 2.10. The lowest BCUT2D eigenvalue weighted by molar-refractivity contribution is 0.675. The average Bonchev–Trinajstić information content (AvgIpc) is 2.71. The van der Waals surface area contributed by atoms with Gasteiger partial charge in [-0.25, -0.2) is 0 Å². The molecule has 1 heterocycles. The van der Waals surface area contributed by atoms with E-state index in [0.29, 0.717) is 0 Å². The minimum atomic E-state index is 0.194. The van der Waals surface area contributed by atoms with Crippen LogP contribution in [0.1, 0.15) is 24.2 Å². The second-order valence-corrected chi connectivity index (χ2v) is 4.57. The second-order valence-electron chi connectivity index (χ2n) is 4.16. The fourth-order valence-corrected chi connectivity index (χ4v) is 2.05. The number of aromatic nitrogens is 2. The van der Waals surface area contributed by atoms with Crippen LogP contribution in [0.5, 0.6) is 0 Å². The molecule has 2 aromatic rings. The number of halogens is 1. The summed E-state index contributed by atoms with van der Waals surface area (Å²) in [4.78, 5) is 0. The summed E-state index contributed by atoms with van der Waals surface area (Å²) in [5.41, 5.74) is 3.28. The van der Waals surface area contributed by atoms with Crippen molar-refractivity contribution in [2.75, 3.05) is 5.32 Å². The lowest BCUT2D eigenvalue weighted by Crippen LogP contribution is -2.12. The molecule has 0 aliphatic rings. The summed E-state index contributed by atoms with van der Waals surface area (Å²) in [6.45, 7) is 4.12. The van der Waals surface area contributed by atoms with Crippen molar-refractivity contribution < 1.29 is 0 Å². The number of hydrogen-bond donors (Lipinski definition) is 1. The Balaban J connectivity index is 2.22. The first-order valence-corrected chi connectivity index (χ1v) is 5.97. The van der Waals surface area contributed by atoms with Gasteiger partial charge in [-0.2, -0.15) is 5.10 Å². The highest BCUT2D eigenvalue weighted by Crippen LogP contribution is 2.26. The van der Waals surface area contributed by atoms with Gasteiger partial charge in [-0.1, -0.05) is 17.7 Å². The molecule has 90 valence electrons. The SMILES string of the molecule is Cc1c(Cl)cccc1NC(C)c1ccnn1C. The first-order valence-electron chi connectivity index (χ1n) is 5.59. The summed E-state index contributed by atoms with van der Waals surface area (Å²) in [7, 11) is 1.94. The van der Waals surface area contributed by atoms with Gasteiger partial charge in [-0.3, -0.25) is 4.68 Å². The van der Waals surface area contributed by atoms with Gasteiger partial charge < -0.3 is 5.32 Å². The quantitative estimate of drug-likeness (QED) is 0.902. The van der Waals surface area contributed by atoms with Crippen LogP contribution in [0.4, 0.5) is 5.69 Å². The van der Waals surface area contributed by atoms with E-state index in [1.165, 1.54) is 0 Å². The van der Waals surface area contributed by atoms with Gasteiger partial charge in [0.1, 0.15) is 0 Å². The van der Waals surface area contributed by atoms with Crippen LogP contribution in [-0.2, 0) is 7.05 Å². The van der Waals surface area contributed by atoms with Crippen LogP contribution in [0.2, 0.25) is 5.02 Å². The molecule has 0 aliphatic carbocycles. The minimum absolute atomic E-state index is 0.194. The topological polar surface area (TPSA) is 29.9 Å². The van der Waals surface area contributed by atoms with Crippen LogP contribution in [0.25, 0.3) is 0 Å². The van der Waals surface area contributed by atoms with Crippen LogP contribution in [0.3, 0.4) is 0 Å². The molecule has 0 spiro atoms. The lowest BCUT2D eigenvalue weighted by Gasteiger charge is -2.17. The number of nitrogens with one attached hydrogen (secondary N) is 1. The van der Waals surface area contributed by atoms with Gasteiger partial charge in [0.2, 0.25) is 0 Å². The van der Waals surface area contributed by atoms with E-state index < -0.39 is 0 Å². The summed E-state index contributed by atoms with van der Waals surface area (Å²) in [5, 5.41) is 8.40. The third kappa shape index (κ3) is 2.44. The molecule has 3 nitrogen and oxygen atoms in total. The first kappa shape index (κ1) is 12.0. The van der Waals surface area contributed by atoms with Crippen LogP contribution in [-0.4, -0.2) is 9.78 Å². The molecule has 1 atom stereocenters. The summed E-state index contributed by atoms with van der Waals surface area (Å²) in [6, 6.07) is 8.09. The number of anilines is 1. The Morgan fingerprint density at radius 2 is 2.12 bits per heavy atom. The van der Waals surface area contributed by atoms with Crippen molar-refractivity contribution in [2.24, 2.45) is 7.05 Å². The van der Waals surface area contributed by atoms with Crippen molar-refractivity contribution in [1.29, 1.82) is 0 Å². The Hall–Kier alpha value is -1.48. The summed E-state index contributed by atoms with van der Waals surface area (Å²) < 4.78 is 1.87. The van der Waals surface area contributed by atoms with E-state index in [0.717, 1.165) is 22.0 Å². The standard InChI is InChI=1S/C13H16ClN3/c1-9-11(14)5-4-6-12(9)16-10(2)13-7-8-15-17(13)3/h4-8,10,16H,1-3H3. The highest BCUT2D eigenvalue weighted by molar-refractivity contribution is 6.31. The van der Waals surface area contributed by atoms with E-state index in [-0.39, 0.29) is 6.04 Å². The third-order valence-electron chi connectivity index (χ3n) is 2.94. The van der Waals surface area contributed by atoms with Gasteiger partial charge in [-0.05, 0) is 37.6 Å². The van der Waals surface area contributed by atoms with Crippen molar-refractivity contribution in [1.82, 2.24) is 9.78 Å². The smallest absolute Gasteiger partial charge is 0.0654 e. The molecule has 0 radical (unpaired) electrons. The molecule has 1 N–H and O–H groups in total. The predicted octanol–water partition coefficient (Wildman–Crippen LogP) is 3.56. The Morgan fingerprint density at radius 1 is 1.35 bits per heavy atom. The van der Waals surface area contributed by atoms with Crippen molar-refractivity contribution in [3.63, 3.8) is 0 Å². The van der Waals surface area contributed by atoms with Gasteiger partial charge in [0.05, 0.1) is 11.7 Å². The van der Waals surface area contributed by atoms with Crippen LogP contribution < -0.4 is 5.32 Å². The van der Waals surface area contributed by atoms with Gasteiger partial charge in [0.15, 0.2) is 0 Å². The van der Waals surface area contributed by atoms with Crippen molar-refractivity contribution in [3.05, 3.63) is 46.7 Å². The number of hydrogen-bond acceptors (Lipinski definition) is 2. The Bertz CT molecular complexity index is 519. The van der Waals surface area contributed by atoms with E-state index >= 15 is 0 Å². The van der Waals surface area contributed by atoms with Gasteiger partial charge in [-0.15, -0.1) is 0 Å². The second kappa shape index (κ2) is 4.80. The fourth-order valence-electron chi connectivity index (χ4n) is 1.88. The minimum Gasteiger partial charge on any atom is -0.377 e. The van der Waals surface area contributed by atoms with E-state index in [1.807, 2.05) is 42.9 Å². The molecule has 0 saturated heterocycles. The van der Waals surface area contributed by atoms with Gasteiger partial charge in [0, 0.05) is 24.0 Å². The molecule has 1 aromatic heterocycles. The maximum Gasteiger partial charge on any atom is 0.0654 e. The zero-order valence-electron chi connectivity index (χ0n) is 10.2. The predicted molar refractivity (Wildman–Crippen MR) is 71.4 cm³/mol. The molecule has 0 saturated carbocycles. The van der Waals surface area contributed by atoms with Crippen molar-refractivity contribution in [2.45, 2.75) is 19.9 Å². The van der Waals surface area contributed by atoms with E-state index in [1.54, 1.807) is 6.20 Å². The monoisotopic (exact) mass is 249 g/mol. The average molecular weight is 250 g/mol. The molecule has 0 aliphatic heterocycles. The number of benzene rings is 1. The third-order valence-corrected chi connectivity index (χ3v) is 3.35. The van der Waals surface area contributed by atoms with Crippen LogP contribution in [0.15, 0.2) is 30.5 Å². The molecule has 17 heavy (non-hydrogen) atoms. The molecular formula is C13H16ClN3. The first-order chi connectivity index (χ1) is 8.09. The number of rotatable bonds is 3. The maximum absolute atomic E-state index is 6.10. The molecular weight excluding hydrogens is 234 g/mol. The molecule has 4 heteroatoms. The van der Waals surface area contributed by atoms with Crippen LogP contribution >= 0.6 is 11.6 Å². The highest BCUT2D eigenvalue weighted by atomic mass is 35.5. The number of nitrogens with zero attached hydrogens (tertiary/aromatic N) is 2. The number of aryl methyl sites for hydroxylation is 1. The van der Waals surface area contributed by atoms with Gasteiger partial charge in [0.25, 0.3) is 0 Å². The Morgan fingerprint density at radius 3 is 2.76 bits per heavy atom. The largest absolute Gasteiger partial charge is 0.377 e. The Labute approximate surface area is 106 Å². The maximum atomic E-state index is 6.10. The summed E-state index contributed by atoms with van der Waals surface area (Å²) >= 11 is 6.10. The molecule has 0 amide bonds. The molecule has 0 fully saturated rings. The Kier molecular flexibility index (Phi) is 3.38. The van der Waals surface area contributed by atoms with E-state index in [9.17, 15) is 0 Å². The molecule has 1 aromatic carbocycles. The zero-order valence-corrected chi connectivity index (χ0v) is 11.0. The van der Waals surface area contributed by atoms with Gasteiger partial charge >= 0.3 is 0 Å². The lowest BCUT2D eigenvalue weighted by atomic mass is 10.1.